The lowest BCUT2D eigenvalue weighted by Gasteiger charge is -2.32. The molecule has 0 bridgehead atoms. The van der Waals surface area contributed by atoms with Gasteiger partial charge in [0, 0.05) is 24.8 Å². The molecule has 1 aromatic carbocycles. The number of aromatic nitrogens is 2. The Labute approximate surface area is 139 Å². The standard InChI is InChI=1S/C17H19FN4O2/c1-11-10-15(21-20-11)16(23)19-12-6-8-22(9-7-12)17(24)13-4-2-3-5-14(13)18/h2-5,10,12H,6-9H2,1H3,(H,19,23)(H,20,21). The number of nitrogens with one attached hydrogen (secondary N) is 2. The maximum absolute atomic E-state index is 13.7. The van der Waals surface area contributed by atoms with Crippen molar-refractivity contribution in [3.63, 3.8) is 0 Å². The SMILES string of the molecule is Cc1cc(C(=O)NC2CCN(C(=O)c3ccccc3F)CC2)n[nH]1. The van der Waals surface area contributed by atoms with Gasteiger partial charge >= 0.3 is 0 Å². The van der Waals surface area contributed by atoms with Gasteiger partial charge in [-0.1, -0.05) is 12.1 Å². The van der Waals surface area contributed by atoms with Gasteiger partial charge in [0.25, 0.3) is 11.8 Å². The van der Waals surface area contributed by atoms with Crippen molar-refractivity contribution in [3.8, 4) is 0 Å². The second-order valence-corrected chi connectivity index (χ2v) is 5.96. The van der Waals surface area contributed by atoms with Crippen molar-refractivity contribution in [2.24, 2.45) is 0 Å². The fourth-order valence-electron chi connectivity index (χ4n) is 2.83. The van der Waals surface area contributed by atoms with Crippen LogP contribution in [0.15, 0.2) is 30.3 Å². The second-order valence-electron chi connectivity index (χ2n) is 5.96. The van der Waals surface area contributed by atoms with Gasteiger partial charge in [0.15, 0.2) is 0 Å². The summed E-state index contributed by atoms with van der Waals surface area (Å²) in [6.07, 6.45) is 1.27. The van der Waals surface area contributed by atoms with Crippen LogP contribution in [0.1, 0.15) is 39.4 Å². The second kappa shape index (κ2) is 6.82. The molecule has 6 nitrogen and oxygen atoms in total. The Morgan fingerprint density at radius 1 is 1.29 bits per heavy atom. The molecular weight excluding hydrogens is 311 g/mol. The van der Waals surface area contributed by atoms with Gasteiger partial charge < -0.3 is 10.2 Å². The molecule has 0 unspecified atom stereocenters. The van der Waals surface area contributed by atoms with Crippen molar-refractivity contribution >= 4 is 11.8 Å². The zero-order valence-electron chi connectivity index (χ0n) is 13.4. The molecule has 0 radical (unpaired) electrons. The van der Waals surface area contributed by atoms with Gasteiger partial charge in [-0.2, -0.15) is 5.10 Å². The first-order chi connectivity index (χ1) is 11.5. The summed E-state index contributed by atoms with van der Waals surface area (Å²) in [5, 5.41) is 9.59. The summed E-state index contributed by atoms with van der Waals surface area (Å²) in [7, 11) is 0. The van der Waals surface area contributed by atoms with E-state index >= 15 is 0 Å². The molecule has 126 valence electrons. The normalized spacial score (nSPS) is 15.3. The van der Waals surface area contributed by atoms with E-state index in [9.17, 15) is 14.0 Å². The molecule has 0 atom stereocenters. The van der Waals surface area contributed by atoms with Crippen LogP contribution in [-0.2, 0) is 0 Å². The molecule has 0 spiro atoms. The van der Waals surface area contributed by atoms with Gasteiger partial charge in [0.05, 0.1) is 5.56 Å². The summed E-state index contributed by atoms with van der Waals surface area (Å²) in [4.78, 5) is 26.1. The molecule has 2 N–H and O–H groups in total. The van der Waals surface area contributed by atoms with Crippen LogP contribution in [0.2, 0.25) is 0 Å². The zero-order chi connectivity index (χ0) is 17.1. The van der Waals surface area contributed by atoms with E-state index < -0.39 is 5.82 Å². The number of H-pyrrole nitrogens is 1. The monoisotopic (exact) mass is 330 g/mol. The van der Waals surface area contributed by atoms with Crippen LogP contribution in [0.4, 0.5) is 4.39 Å². The molecule has 2 aromatic rings. The van der Waals surface area contributed by atoms with Crippen LogP contribution in [0.25, 0.3) is 0 Å². The first kappa shape index (κ1) is 16.2. The number of rotatable bonds is 3. The predicted octanol–water partition coefficient (Wildman–Crippen LogP) is 1.89. The topological polar surface area (TPSA) is 78.1 Å². The average Bonchev–Trinajstić information content (AvgIpc) is 3.02. The Balaban J connectivity index is 1.55. The van der Waals surface area contributed by atoms with Crippen molar-refractivity contribution in [1.29, 1.82) is 0 Å². The van der Waals surface area contributed by atoms with Crippen molar-refractivity contribution in [1.82, 2.24) is 20.4 Å². The molecule has 24 heavy (non-hydrogen) atoms. The fraction of sp³-hybridized carbons (Fsp3) is 0.353. The van der Waals surface area contributed by atoms with Crippen LogP contribution in [-0.4, -0.2) is 46.0 Å². The molecule has 1 aromatic heterocycles. The van der Waals surface area contributed by atoms with Crippen LogP contribution < -0.4 is 5.32 Å². The Kier molecular flexibility index (Phi) is 4.59. The van der Waals surface area contributed by atoms with E-state index in [1.807, 2.05) is 6.92 Å². The van der Waals surface area contributed by atoms with Gasteiger partial charge in [-0.05, 0) is 38.0 Å². The lowest BCUT2D eigenvalue weighted by Crippen LogP contribution is -2.46. The fourth-order valence-corrected chi connectivity index (χ4v) is 2.83. The summed E-state index contributed by atoms with van der Waals surface area (Å²) in [5.74, 6) is -1.04. The highest BCUT2D eigenvalue weighted by molar-refractivity contribution is 5.94. The molecule has 1 saturated heterocycles. The highest BCUT2D eigenvalue weighted by Gasteiger charge is 2.26. The van der Waals surface area contributed by atoms with Crippen molar-refractivity contribution < 1.29 is 14.0 Å². The highest BCUT2D eigenvalue weighted by atomic mass is 19.1. The molecule has 0 saturated carbocycles. The number of carbonyl (C=O) groups excluding carboxylic acids is 2. The number of halogens is 1. The summed E-state index contributed by atoms with van der Waals surface area (Å²) in [6, 6.07) is 7.66. The molecule has 2 heterocycles. The third-order valence-corrected chi connectivity index (χ3v) is 4.16. The smallest absolute Gasteiger partial charge is 0.271 e. The molecule has 1 aliphatic rings. The van der Waals surface area contributed by atoms with E-state index in [1.165, 1.54) is 12.1 Å². The summed E-state index contributed by atoms with van der Waals surface area (Å²) >= 11 is 0. The van der Waals surface area contributed by atoms with E-state index in [-0.39, 0.29) is 23.4 Å². The predicted molar refractivity (Wildman–Crippen MR) is 86.1 cm³/mol. The number of hydrogen-bond donors (Lipinski definition) is 2. The first-order valence-corrected chi connectivity index (χ1v) is 7.91. The van der Waals surface area contributed by atoms with Crippen LogP contribution in [0, 0.1) is 12.7 Å². The van der Waals surface area contributed by atoms with Gasteiger partial charge in [0.1, 0.15) is 11.5 Å². The molecule has 2 amide bonds. The number of aryl methyl sites for hydroxylation is 1. The number of likely N-dealkylation sites (tertiary alicyclic amines) is 1. The van der Waals surface area contributed by atoms with E-state index in [4.69, 9.17) is 0 Å². The maximum Gasteiger partial charge on any atom is 0.271 e. The quantitative estimate of drug-likeness (QED) is 0.902. The van der Waals surface area contributed by atoms with Gasteiger partial charge in [-0.3, -0.25) is 14.7 Å². The Morgan fingerprint density at radius 3 is 2.62 bits per heavy atom. The Hall–Kier alpha value is -2.70. The van der Waals surface area contributed by atoms with Crippen molar-refractivity contribution in [3.05, 3.63) is 53.1 Å². The number of nitrogens with zero attached hydrogens (tertiary/aromatic N) is 2. The first-order valence-electron chi connectivity index (χ1n) is 7.91. The maximum atomic E-state index is 13.7. The number of benzene rings is 1. The molecular formula is C17H19FN4O2. The summed E-state index contributed by atoms with van der Waals surface area (Å²) in [5.41, 5.74) is 1.27. The van der Waals surface area contributed by atoms with E-state index in [1.54, 1.807) is 23.1 Å². The summed E-state index contributed by atoms with van der Waals surface area (Å²) in [6.45, 7) is 2.80. The number of carbonyl (C=O) groups is 2. The molecule has 1 fully saturated rings. The van der Waals surface area contributed by atoms with Gasteiger partial charge in [-0.15, -0.1) is 0 Å². The van der Waals surface area contributed by atoms with Gasteiger partial charge in [-0.25, -0.2) is 4.39 Å². The van der Waals surface area contributed by atoms with Crippen molar-refractivity contribution in [2.75, 3.05) is 13.1 Å². The largest absolute Gasteiger partial charge is 0.348 e. The Morgan fingerprint density at radius 2 is 2.00 bits per heavy atom. The minimum Gasteiger partial charge on any atom is -0.348 e. The zero-order valence-corrected chi connectivity index (χ0v) is 13.4. The van der Waals surface area contributed by atoms with E-state index in [2.05, 4.69) is 15.5 Å². The minimum atomic E-state index is -0.508. The summed E-state index contributed by atoms with van der Waals surface area (Å²) < 4.78 is 13.7. The molecule has 0 aliphatic carbocycles. The van der Waals surface area contributed by atoms with Crippen LogP contribution in [0.5, 0.6) is 0 Å². The van der Waals surface area contributed by atoms with E-state index in [0.717, 1.165) is 5.69 Å². The van der Waals surface area contributed by atoms with Crippen molar-refractivity contribution in [2.45, 2.75) is 25.8 Å². The van der Waals surface area contributed by atoms with Gasteiger partial charge in [0.2, 0.25) is 0 Å². The molecule has 7 heteroatoms. The molecule has 3 rings (SSSR count). The number of piperidine rings is 1. The highest BCUT2D eigenvalue weighted by Crippen LogP contribution is 2.16. The number of amides is 2. The number of aromatic amines is 1. The average molecular weight is 330 g/mol. The number of hydrogen-bond acceptors (Lipinski definition) is 3. The van der Waals surface area contributed by atoms with Crippen LogP contribution in [0.3, 0.4) is 0 Å². The lowest BCUT2D eigenvalue weighted by molar-refractivity contribution is 0.0693. The Bertz CT molecular complexity index is 751. The molecule has 1 aliphatic heterocycles. The lowest BCUT2D eigenvalue weighted by atomic mass is 10.0. The third kappa shape index (κ3) is 3.45. The van der Waals surface area contributed by atoms with Crippen LogP contribution >= 0.6 is 0 Å². The minimum absolute atomic E-state index is 0.0147. The third-order valence-electron chi connectivity index (χ3n) is 4.16. The van der Waals surface area contributed by atoms with E-state index in [0.29, 0.717) is 31.6 Å².